The molecule has 620 valence electrons. The quantitative estimate of drug-likeness (QED) is 0.137. The van der Waals surface area contributed by atoms with Gasteiger partial charge >= 0.3 is 0 Å². The Balaban J connectivity index is 0.508. The van der Waals surface area contributed by atoms with Crippen molar-refractivity contribution in [2.45, 2.75) is 0 Å². The molecule has 22 heteroatoms. The van der Waals surface area contributed by atoms with Crippen LogP contribution in [0.3, 0.4) is 0 Å². The summed E-state index contributed by atoms with van der Waals surface area (Å²) in [5.74, 6) is 2.95. The highest BCUT2D eigenvalue weighted by Crippen LogP contribution is 2.34. The van der Waals surface area contributed by atoms with E-state index in [0.717, 1.165) is 159 Å². The number of rotatable bonds is 0. The molecule has 15 heterocycles. The molecule has 14 aromatic rings. The summed E-state index contributed by atoms with van der Waals surface area (Å²) in [7, 11) is 0. The third-order valence-corrected chi connectivity index (χ3v) is 19.5. The summed E-state index contributed by atoms with van der Waals surface area (Å²) < 4.78 is 81.2. The number of benzene rings is 6. The highest BCUT2D eigenvalue weighted by atomic mass is 16.6. The van der Waals surface area contributed by atoms with Gasteiger partial charge in [0.05, 0.1) is 223 Å². The summed E-state index contributed by atoms with van der Waals surface area (Å²) in [6, 6.07) is 96.1. The number of hydrogen-bond acceptors (Lipinski definition) is 22. The highest BCUT2D eigenvalue weighted by Gasteiger charge is 2.16. The van der Waals surface area contributed by atoms with Gasteiger partial charge in [-0.3, -0.25) is 0 Å². The van der Waals surface area contributed by atoms with Crippen molar-refractivity contribution in [3.05, 3.63) is 291 Å². The topological polar surface area (TPSA) is 232 Å². The van der Waals surface area contributed by atoms with Crippen LogP contribution in [0.25, 0.3) is 136 Å². The van der Waals surface area contributed by atoms with Gasteiger partial charge < -0.3 is 66.3 Å². The zero-order valence-electron chi connectivity index (χ0n) is 68.0. The summed E-state index contributed by atoms with van der Waals surface area (Å²) in [4.78, 5) is 40.6. The number of nitrogens with zero attached hydrogens (tertiary/aromatic N) is 8. The van der Waals surface area contributed by atoms with Crippen molar-refractivity contribution in [3.8, 4) is 159 Å². The minimum Gasteiger partial charge on any atom is -0.491 e. The molecule has 0 fully saturated rings. The van der Waals surface area contributed by atoms with Gasteiger partial charge in [0.25, 0.3) is 0 Å². The molecule has 6 aromatic carbocycles. The Labute approximate surface area is 710 Å². The third-order valence-electron chi connectivity index (χ3n) is 19.5. The maximum atomic E-state index is 6.00. The summed E-state index contributed by atoms with van der Waals surface area (Å²) in [5, 5.41) is 0. The van der Waals surface area contributed by atoms with E-state index in [0.29, 0.717) is 159 Å². The molecule has 122 heavy (non-hydrogen) atoms. The SMILES string of the molecule is c1cc2cc(c1)-c1cccc(n1)-c1cccc(n1)-c1ccc(cc1)OCCOCCOCCOCCOCCOCCOc1ccc(cc1)-c1cccc(n1)-c1cccc(n1)-c1cccc(c1)-c1cccc(n1)-c1cccc(n1)-c1ccc(cc1)OCCOCCOCCOCCOCCOCCOc1ccc(cc1)-c1cccc(n1)-c1cccc-2n1. The van der Waals surface area contributed by atoms with Crippen molar-refractivity contribution in [1.29, 1.82) is 0 Å². The second-order valence-electron chi connectivity index (χ2n) is 28.0. The van der Waals surface area contributed by atoms with Crippen LogP contribution >= 0.6 is 0 Å². The van der Waals surface area contributed by atoms with Crippen molar-refractivity contribution >= 4 is 0 Å². The minimum atomic E-state index is 0.397. The van der Waals surface area contributed by atoms with Gasteiger partial charge in [0, 0.05) is 44.5 Å². The highest BCUT2D eigenvalue weighted by molar-refractivity contribution is 5.76. The molecular weight excluding hydrogens is 1540 g/mol. The molecule has 0 saturated heterocycles. The molecule has 22 nitrogen and oxygen atoms in total. The lowest BCUT2D eigenvalue weighted by atomic mass is 10.0. The molecule has 21 rings (SSSR count). The Kier molecular flexibility index (Phi) is 31.6. The molecule has 0 unspecified atom stereocenters. The largest absolute Gasteiger partial charge is 0.491 e. The van der Waals surface area contributed by atoms with E-state index in [1.165, 1.54) is 0 Å². The van der Waals surface area contributed by atoms with Gasteiger partial charge in [-0.15, -0.1) is 0 Å². The summed E-state index contributed by atoms with van der Waals surface area (Å²) >= 11 is 0. The van der Waals surface area contributed by atoms with Crippen LogP contribution in [0.1, 0.15) is 0 Å². The summed E-state index contributed by atoms with van der Waals surface area (Å²) in [6.45, 7) is 10.5. The first-order valence-corrected chi connectivity index (χ1v) is 41.2. The normalized spacial score (nSPS) is 15.0. The van der Waals surface area contributed by atoms with Crippen LogP contribution in [0.5, 0.6) is 23.0 Å². The first-order valence-electron chi connectivity index (χ1n) is 41.2. The Hall–Kier alpha value is -12.7. The Morgan fingerprint density at radius 2 is 0.254 bits per heavy atom. The molecular formula is C100H96N8O14. The van der Waals surface area contributed by atoms with Crippen molar-refractivity contribution in [3.63, 3.8) is 0 Å². The standard InChI is InChI=1S/C100H96N8O14/c1-11-77-71-78(12-1)90-20-8-28-98(106-90)94-24-4-16-86(102-94)74-33-41-82(42-34-74)120-68-64-116-60-56-112-52-48-110-50-54-114-58-62-118-66-70-122-84-45-37-76(38-46-84)88-18-6-26-96(104-88)100-30-10-22-92(108-100)80-14-2-13-79(72-80)91-21-9-29-99(107-91)95-25-5-17-87(103-95)75-35-43-83(44-36-75)121-69-65-117-61-57-113-53-49-109-47-51-111-55-59-115-63-67-119-81-39-31-73(32-40-81)85-15-3-23-93(101-85)97-27-7-19-89(77)105-97/h1-46,71-72H,47-70H2. The molecule has 0 atom stereocenters. The Morgan fingerprint density at radius 1 is 0.123 bits per heavy atom. The second kappa shape index (κ2) is 45.6. The van der Waals surface area contributed by atoms with E-state index in [1.54, 1.807) is 0 Å². The van der Waals surface area contributed by atoms with Crippen LogP contribution in [0, 0.1) is 0 Å². The molecule has 0 spiro atoms. The van der Waals surface area contributed by atoms with Crippen LogP contribution < -0.4 is 18.9 Å². The fourth-order valence-corrected chi connectivity index (χ4v) is 13.3. The molecule has 8 aromatic heterocycles. The van der Waals surface area contributed by atoms with E-state index in [9.17, 15) is 0 Å². The molecule has 0 N–H and O–H groups in total. The van der Waals surface area contributed by atoms with Crippen molar-refractivity contribution in [2.75, 3.05) is 159 Å². The number of ether oxygens (including phenoxy) is 14. The van der Waals surface area contributed by atoms with E-state index in [1.807, 2.05) is 255 Å². The number of hydrogen-bond donors (Lipinski definition) is 0. The third kappa shape index (κ3) is 25.2. The van der Waals surface area contributed by atoms with Gasteiger partial charge in [0.1, 0.15) is 49.4 Å². The van der Waals surface area contributed by atoms with E-state index >= 15 is 0 Å². The first kappa shape index (κ1) is 84.3. The average molecular weight is 1630 g/mol. The van der Waals surface area contributed by atoms with Crippen LogP contribution in [-0.2, 0) is 47.4 Å². The lowest BCUT2D eigenvalue weighted by Gasteiger charge is -2.10. The predicted octanol–water partition coefficient (Wildman–Crippen LogP) is 18.2. The molecule has 28 bridgehead atoms. The molecule has 7 aliphatic heterocycles. The van der Waals surface area contributed by atoms with Crippen LogP contribution in [0.4, 0.5) is 0 Å². The van der Waals surface area contributed by atoms with Gasteiger partial charge in [-0.1, -0.05) is 84.9 Å². The molecule has 0 aliphatic carbocycles. The Morgan fingerprint density at radius 3 is 0.418 bits per heavy atom. The van der Waals surface area contributed by atoms with Gasteiger partial charge in [-0.25, -0.2) is 39.9 Å². The van der Waals surface area contributed by atoms with Gasteiger partial charge in [0.15, 0.2) is 0 Å². The van der Waals surface area contributed by atoms with E-state index in [-0.39, 0.29) is 0 Å². The van der Waals surface area contributed by atoms with Gasteiger partial charge in [0.2, 0.25) is 0 Å². The number of aromatic nitrogens is 8. The van der Waals surface area contributed by atoms with Crippen LogP contribution in [-0.4, -0.2) is 198 Å². The van der Waals surface area contributed by atoms with E-state index in [4.69, 9.17) is 106 Å². The second-order valence-corrected chi connectivity index (χ2v) is 28.0. The Bertz CT molecular complexity index is 4900. The smallest absolute Gasteiger partial charge is 0.119 e. The van der Waals surface area contributed by atoms with Crippen LogP contribution in [0.15, 0.2) is 291 Å². The predicted molar refractivity (Wildman–Crippen MR) is 471 cm³/mol. The van der Waals surface area contributed by atoms with Crippen molar-refractivity contribution < 1.29 is 66.3 Å². The van der Waals surface area contributed by atoms with E-state index < -0.39 is 0 Å². The summed E-state index contributed by atoms with van der Waals surface area (Å²) in [5.41, 5.74) is 20.3. The lowest BCUT2D eigenvalue weighted by Crippen LogP contribution is -2.15. The molecule has 0 amide bonds. The van der Waals surface area contributed by atoms with Gasteiger partial charge in [-0.05, 0) is 206 Å². The first-order chi connectivity index (χ1) is 60.5. The summed E-state index contributed by atoms with van der Waals surface area (Å²) in [6.07, 6.45) is 0. The van der Waals surface area contributed by atoms with E-state index in [2.05, 4.69) is 36.4 Å². The monoisotopic (exact) mass is 1630 g/mol. The minimum absolute atomic E-state index is 0.397. The molecule has 0 saturated carbocycles. The van der Waals surface area contributed by atoms with Gasteiger partial charge in [-0.2, -0.15) is 0 Å². The van der Waals surface area contributed by atoms with Crippen molar-refractivity contribution in [2.24, 2.45) is 0 Å². The lowest BCUT2D eigenvalue weighted by molar-refractivity contribution is -0.0141. The molecule has 7 aliphatic rings. The van der Waals surface area contributed by atoms with Crippen molar-refractivity contribution in [1.82, 2.24) is 39.9 Å². The molecule has 0 radical (unpaired) electrons. The maximum absolute atomic E-state index is 6.00. The fourth-order valence-electron chi connectivity index (χ4n) is 13.3. The number of pyridine rings is 8. The zero-order chi connectivity index (χ0) is 82.6. The maximum Gasteiger partial charge on any atom is 0.119 e. The fraction of sp³-hybridized carbons (Fsp3) is 0.240. The average Bonchev–Trinajstić information content (AvgIpc) is 0.812. The van der Waals surface area contributed by atoms with Crippen LogP contribution in [0.2, 0.25) is 0 Å². The zero-order valence-corrected chi connectivity index (χ0v) is 68.0.